The Kier molecular flexibility index (Phi) is 7.12. The van der Waals surface area contributed by atoms with Crippen LogP contribution in [-0.4, -0.2) is 52.6 Å². The van der Waals surface area contributed by atoms with Gasteiger partial charge in [-0.05, 0) is 29.8 Å². The molecule has 0 unspecified atom stereocenters. The summed E-state index contributed by atoms with van der Waals surface area (Å²) >= 11 is 0. The number of methoxy groups -OCH3 is 2. The molecule has 1 heterocycles. The molecule has 0 saturated carbocycles. The van der Waals surface area contributed by atoms with Gasteiger partial charge in [0, 0.05) is 29.5 Å². The highest BCUT2D eigenvalue weighted by atomic mass is 32.2. The van der Waals surface area contributed by atoms with Crippen LogP contribution in [-0.2, 0) is 21.0 Å². The molecule has 0 atom stereocenters. The van der Waals surface area contributed by atoms with Crippen LogP contribution in [0.4, 0.5) is 18.9 Å². The lowest BCUT2D eigenvalue weighted by Gasteiger charge is -2.10. The molecule has 0 bridgehead atoms. The third-order valence-corrected chi connectivity index (χ3v) is 5.98. The maximum absolute atomic E-state index is 12.9. The molecule has 2 N–H and O–H groups in total. The highest BCUT2D eigenvalue weighted by Gasteiger charge is 2.29. The van der Waals surface area contributed by atoms with E-state index in [9.17, 15) is 26.4 Å². The minimum atomic E-state index is -4.42. The number of sulfone groups is 1. The first-order chi connectivity index (χ1) is 15.9. The van der Waals surface area contributed by atoms with Gasteiger partial charge >= 0.3 is 12.1 Å². The summed E-state index contributed by atoms with van der Waals surface area (Å²) in [4.78, 5) is 15.0. The number of anilines is 1. The second-order valence-corrected chi connectivity index (χ2v) is 9.35. The van der Waals surface area contributed by atoms with Crippen LogP contribution in [0.25, 0.3) is 10.9 Å². The van der Waals surface area contributed by atoms with E-state index in [-0.39, 0.29) is 33.5 Å². The number of benzene rings is 2. The van der Waals surface area contributed by atoms with Gasteiger partial charge < -0.3 is 19.8 Å². The predicted molar refractivity (Wildman–Crippen MR) is 121 cm³/mol. The van der Waals surface area contributed by atoms with Gasteiger partial charge in [-0.3, -0.25) is 0 Å². The third kappa shape index (κ3) is 5.82. The molecule has 0 radical (unpaired) electrons. The number of carbonyl (C=O) groups excluding carboxylic acids is 1. The van der Waals surface area contributed by atoms with E-state index in [0.717, 1.165) is 6.26 Å². The minimum absolute atomic E-state index is 0.00914. The number of ether oxygens (including phenoxy) is 2. The highest BCUT2D eigenvalue weighted by Crippen LogP contribution is 2.30. The first-order valence-corrected chi connectivity index (χ1v) is 11.7. The van der Waals surface area contributed by atoms with Gasteiger partial charge in [0.2, 0.25) is 0 Å². The second-order valence-electron chi connectivity index (χ2n) is 7.33. The average Bonchev–Trinajstić information content (AvgIpc) is 3.15. The van der Waals surface area contributed by atoms with Crippen LogP contribution in [0.15, 0.2) is 41.4 Å². The van der Waals surface area contributed by atoms with Gasteiger partial charge in [-0.1, -0.05) is 11.8 Å². The monoisotopic (exact) mass is 494 g/mol. The van der Waals surface area contributed by atoms with Gasteiger partial charge in [-0.2, -0.15) is 13.2 Å². The molecule has 2 aromatic carbocycles. The Morgan fingerprint density at radius 3 is 2.53 bits per heavy atom. The fourth-order valence-electron chi connectivity index (χ4n) is 3.33. The molecule has 7 nitrogen and oxygen atoms in total. The summed E-state index contributed by atoms with van der Waals surface area (Å²) in [5, 5.41) is 3.23. The van der Waals surface area contributed by atoms with Crippen molar-refractivity contribution in [3.05, 3.63) is 53.2 Å². The molecule has 34 heavy (non-hydrogen) atoms. The van der Waals surface area contributed by atoms with Gasteiger partial charge in [-0.15, -0.1) is 0 Å². The number of carbonyl (C=O) groups is 1. The Hall–Kier alpha value is -3.65. The number of nitrogens with one attached hydrogen (secondary N) is 2. The molecule has 11 heteroatoms. The molecule has 0 aliphatic heterocycles. The lowest BCUT2D eigenvalue weighted by molar-refractivity contribution is -0.127. The first-order valence-electron chi connectivity index (χ1n) is 9.83. The fraction of sp³-hybridized carbons (Fsp3) is 0.261. The maximum Gasteiger partial charge on any atom is 0.393 e. The van der Waals surface area contributed by atoms with Gasteiger partial charge in [0.1, 0.15) is 5.75 Å². The Labute approximate surface area is 194 Å². The fourth-order valence-corrected chi connectivity index (χ4v) is 3.96. The molecule has 180 valence electrons. The SMILES string of the molecule is COC(=O)c1cc(C#CCNc2ccc(S(C)(=O)=O)cc2OC)cc2c(CC(F)(F)F)c[nH]c12. The molecular formula is C23H21F3N2O5S. The molecule has 0 spiro atoms. The number of aromatic nitrogens is 1. The standard InChI is InChI=1S/C23H21F3N2O5S/c1-32-20-11-16(34(3,30)31)6-7-19(20)27-8-4-5-14-9-17-15(12-23(24,25)26)13-28-21(17)18(10-14)22(29)33-2/h6-7,9-11,13,27-28H,8,12H2,1-3H3. The molecule has 0 saturated heterocycles. The van der Waals surface area contributed by atoms with Crippen molar-refractivity contribution in [2.24, 2.45) is 0 Å². The number of aromatic amines is 1. The number of fused-ring (bicyclic) bond motifs is 1. The van der Waals surface area contributed by atoms with Crippen LogP contribution in [0, 0.1) is 11.8 Å². The summed E-state index contributed by atoms with van der Waals surface area (Å²) in [7, 11) is -0.822. The number of halogens is 3. The van der Waals surface area contributed by atoms with Gasteiger partial charge in [0.15, 0.2) is 9.84 Å². The second kappa shape index (κ2) is 9.69. The number of rotatable bonds is 6. The van der Waals surface area contributed by atoms with Crippen molar-refractivity contribution in [2.75, 3.05) is 32.3 Å². The van der Waals surface area contributed by atoms with Gasteiger partial charge in [0.25, 0.3) is 0 Å². The van der Waals surface area contributed by atoms with Crippen molar-refractivity contribution in [3.63, 3.8) is 0 Å². The minimum Gasteiger partial charge on any atom is -0.495 e. The van der Waals surface area contributed by atoms with E-state index in [1.807, 2.05) is 0 Å². The highest BCUT2D eigenvalue weighted by molar-refractivity contribution is 7.90. The molecule has 0 aliphatic carbocycles. The van der Waals surface area contributed by atoms with Crippen LogP contribution in [0.2, 0.25) is 0 Å². The Bertz CT molecular complexity index is 1400. The third-order valence-electron chi connectivity index (χ3n) is 4.87. The van der Waals surface area contributed by atoms with Gasteiger partial charge in [0.05, 0.1) is 48.8 Å². The Morgan fingerprint density at radius 2 is 1.91 bits per heavy atom. The van der Waals surface area contributed by atoms with E-state index in [1.54, 1.807) is 6.07 Å². The number of esters is 1. The average molecular weight is 494 g/mol. The Morgan fingerprint density at radius 1 is 1.18 bits per heavy atom. The number of H-pyrrole nitrogens is 1. The van der Waals surface area contributed by atoms with E-state index in [2.05, 4.69) is 22.1 Å². The molecule has 1 aromatic heterocycles. The molecule has 0 fully saturated rings. The van der Waals surface area contributed by atoms with Crippen molar-refractivity contribution in [2.45, 2.75) is 17.5 Å². The Balaban J connectivity index is 1.89. The quantitative estimate of drug-likeness (QED) is 0.398. The van der Waals surface area contributed by atoms with Crippen molar-refractivity contribution >= 4 is 32.4 Å². The van der Waals surface area contributed by atoms with Crippen molar-refractivity contribution in [1.29, 1.82) is 0 Å². The summed E-state index contributed by atoms with van der Waals surface area (Å²) in [6, 6.07) is 7.28. The number of hydrogen-bond acceptors (Lipinski definition) is 6. The summed E-state index contributed by atoms with van der Waals surface area (Å²) in [5.74, 6) is 5.27. The van der Waals surface area contributed by atoms with E-state index in [4.69, 9.17) is 9.47 Å². The van der Waals surface area contributed by atoms with Crippen molar-refractivity contribution in [3.8, 4) is 17.6 Å². The molecular weight excluding hydrogens is 473 g/mol. The first kappa shape index (κ1) is 25.0. The lowest BCUT2D eigenvalue weighted by atomic mass is 10.0. The lowest BCUT2D eigenvalue weighted by Crippen LogP contribution is -2.11. The van der Waals surface area contributed by atoms with Crippen LogP contribution in [0.1, 0.15) is 21.5 Å². The smallest absolute Gasteiger partial charge is 0.393 e. The number of alkyl halides is 3. The molecule has 0 amide bonds. The van der Waals surface area contributed by atoms with E-state index < -0.39 is 28.4 Å². The largest absolute Gasteiger partial charge is 0.495 e. The van der Waals surface area contributed by atoms with E-state index in [0.29, 0.717) is 17.0 Å². The van der Waals surface area contributed by atoms with Crippen molar-refractivity contribution in [1.82, 2.24) is 4.98 Å². The van der Waals surface area contributed by atoms with Gasteiger partial charge in [-0.25, -0.2) is 13.2 Å². The number of hydrogen-bond donors (Lipinski definition) is 2. The zero-order valence-electron chi connectivity index (χ0n) is 18.5. The van der Waals surface area contributed by atoms with E-state index in [1.165, 1.54) is 44.7 Å². The zero-order valence-corrected chi connectivity index (χ0v) is 19.3. The van der Waals surface area contributed by atoms with Crippen molar-refractivity contribution < 1.29 is 35.9 Å². The molecule has 0 aliphatic rings. The summed E-state index contributed by atoms with van der Waals surface area (Å²) in [5.41, 5.74) is 1.14. The normalized spacial score (nSPS) is 11.6. The summed E-state index contributed by atoms with van der Waals surface area (Å²) in [6.45, 7) is 0.114. The predicted octanol–water partition coefficient (Wildman–Crippen LogP) is 3.94. The summed E-state index contributed by atoms with van der Waals surface area (Å²) < 4.78 is 72.2. The van der Waals surface area contributed by atoms with E-state index >= 15 is 0 Å². The van der Waals surface area contributed by atoms with Crippen LogP contribution >= 0.6 is 0 Å². The summed E-state index contributed by atoms with van der Waals surface area (Å²) in [6.07, 6.45) is -3.27. The topological polar surface area (TPSA) is 97.5 Å². The maximum atomic E-state index is 12.9. The molecule has 3 rings (SSSR count). The molecule has 3 aromatic rings. The van der Waals surface area contributed by atoms with Crippen LogP contribution in [0.5, 0.6) is 5.75 Å². The zero-order chi connectivity index (χ0) is 25.1. The van der Waals surface area contributed by atoms with Crippen LogP contribution in [0.3, 0.4) is 0 Å². The van der Waals surface area contributed by atoms with Crippen LogP contribution < -0.4 is 10.1 Å².